The molecule has 1 atom stereocenters. The number of benzene rings is 1. The van der Waals surface area contributed by atoms with Gasteiger partial charge in [-0.3, -0.25) is 10.1 Å². The second kappa shape index (κ2) is 9.42. The number of ether oxygens (including phenoxy) is 2. The molecule has 3 aliphatic rings. The molecule has 0 bridgehead atoms. The Hall–Kier alpha value is -2.35. The fourth-order valence-corrected chi connectivity index (χ4v) is 5.10. The van der Waals surface area contributed by atoms with E-state index in [0.29, 0.717) is 44.3 Å². The Bertz CT molecular complexity index is 814. The summed E-state index contributed by atoms with van der Waals surface area (Å²) in [5.41, 5.74) is 0.407. The maximum absolute atomic E-state index is 14.9. The van der Waals surface area contributed by atoms with Gasteiger partial charge in [-0.05, 0) is 56.7 Å². The lowest BCUT2D eigenvalue weighted by molar-refractivity contribution is -0.139. The molecule has 1 aromatic rings. The van der Waals surface area contributed by atoms with Gasteiger partial charge >= 0.3 is 6.09 Å². The maximum Gasteiger partial charge on any atom is 0.411 e. The highest BCUT2D eigenvalue weighted by Gasteiger charge is 2.50. The number of nitrogens with zero attached hydrogens (tertiary/aromatic N) is 2. The summed E-state index contributed by atoms with van der Waals surface area (Å²) in [6, 6.07) is 4.94. The largest absolute Gasteiger partial charge is 0.449 e. The first kappa shape index (κ1) is 21.9. The van der Waals surface area contributed by atoms with Gasteiger partial charge in [0.05, 0.1) is 17.7 Å². The van der Waals surface area contributed by atoms with E-state index < -0.39 is 17.3 Å². The van der Waals surface area contributed by atoms with Crippen LogP contribution in [0.2, 0.25) is 0 Å². The van der Waals surface area contributed by atoms with Crippen LogP contribution in [0.5, 0.6) is 0 Å². The van der Waals surface area contributed by atoms with Crippen LogP contribution in [0.4, 0.5) is 20.6 Å². The van der Waals surface area contributed by atoms with Crippen molar-refractivity contribution in [3.8, 4) is 0 Å². The number of carbonyl (C=O) groups is 2. The SMILES string of the molecule is CCCOC(=O)Nc1ccc(N2CCC[C@]3(CCN(C4CCOCC4)C3=O)C2)c(F)c1. The summed E-state index contributed by atoms with van der Waals surface area (Å²) in [4.78, 5) is 29.2. The van der Waals surface area contributed by atoms with Crippen molar-refractivity contribution in [3.63, 3.8) is 0 Å². The minimum absolute atomic E-state index is 0.224. The van der Waals surface area contributed by atoms with Crippen LogP contribution in [0.3, 0.4) is 0 Å². The molecular weight excluding hydrogens is 401 g/mol. The van der Waals surface area contributed by atoms with Crippen LogP contribution in [0, 0.1) is 11.2 Å². The molecule has 1 spiro atoms. The molecule has 4 rings (SSSR count). The van der Waals surface area contributed by atoms with Gasteiger partial charge in [-0.25, -0.2) is 9.18 Å². The van der Waals surface area contributed by atoms with Crippen molar-refractivity contribution in [1.29, 1.82) is 0 Å². The lowest BCUT2D eigenvalue weighted by atomic mass is 9.78. The number of likely N-dealkylation sites (tertiary alicyclic amines) is 1. The predicted molar refractivity (Wildman–Crippen MR) is 116 cm³/mol. The van der Waals surface area contributed by atoms with Gasteiger partial charge in [-0.15, -0.1) is 0 Å². The average Bonchev–Trinajstić information content (AvgIpc) is 3.08. The lowest BCUT2D eigenvalue weighted by Gasteiger charge is -2.41. The van der Waals surface area contributed by atoms with Crippen LogP contribution < -0.4 is 10.2 Å². The Kier molecular flexibility index (Phi) is 6.65. The molecule has 0 unspecified atom stereocenters. The van der Waals surface area contributed by atoms with Crippen molar-refractivity contribution in [3.05, 3.63) is 24.0 Å². The summed E-state index contributed by atoms with van der Waals surface area (Å²) >= 11 is 0. The van der Waals surface area contributed by atoms with Crippen LogP contribution >= 0.6 is 0 Å². The molecule has 0 aromatic heterocycles. The van der Waals surface area contributed by atoms with Gasteiger partial charge in [0.15, 0.2) is 0 Å². The zero-order valence-corrected chi connectivity index (χ0v) is 18.2. The molecule has 8 heteroatoms. The van der Waals surface area contributed by atoms with Gasteiger partial charge in [0.1, 0.15) is 5.82 Å². The Labute approximate surface area is 182 Å². The summed E-state index contributed by atoms with van der Waals surface area (Å²) in [5, 5.41) is 2.55. The van der Waals surface area contributed by atoms with Gasteiger partial charge in [0, 0.05) is 44.6 Å². The Morgan fingerprint density at radius 3 is 2.84 bits per heavy atom. The molecule has 170 valence electrons. The Balaban J connectivity index is 1.44. The summed E-state index contributed by atoms with van der Waals surface area (Å²) in [5.74, 6) is -0.182. The number of nitrogens with one attached hydrogen (secondary N) is 1. The van der Waals surface area contributed by atoms with Crippen molar-refractivity contribution < 1.29 is 23.5 Å². The average molecular weight is 434 g/mol. The smallest absolute Gasteiger partial charge is 0.411 e. The monoisotopic (exact) mass is 433 g/mol. The van der Waals surface area contributed by atoms with Crippen molar-refractivity contribution in [2.24, 2.45) is 5.41 Å². The number of rotatable bonds is 5. The number of anilines is 2. The molecule has 3 aliphatic heterocycles. The first-order valence-corrected chi connectivity index (χ1v) is 11.4. The van der Waals surface area contributed by atoms with E-state index in [1.54, 1.807) is 12.1 Å². The fourth-order valence-electron chi connectivity index (χ4n) is 5.10. The number of hydrogen-bond donors (Lipinski definition) is 1. The predicted octanol–water partition coefficient (Wildman–Crippen LogP) is 3.78. The van der Waals surface area contributed by atoms with Gasteiger partial charge in [0.25, 0.3) is 0 Å². The fraction of sp³-hybridized carbons (Fsp3) is 0.652. The van der Waals surface area contributed by atoms with Crippen LogP contribution in [0.25, 0.3) is 0 Å². The standard InChI is InChI=1S/C23H32FN3O4/c1-2-12-31-22(29)25-17-4-5-20(19(24)15-17)26-10-3-8-23(16-26)9-11-27(21(23)28)18-6-13-30-14-7-18/h4-5,15,18H,2-3,6-14,16H2,1H3,(H,25,29)/t23-/m0/s1. The third-order valence-electron chi connectivity index (χ3n) is 6.73. The van der Waals surface area contributed by atoms with Gasteiger partial charge in [0.2, 0.25) is 5.91 Å². The molecule has 31 heavy (non-hydrogen) atoms. The van der Waals surface area contributed by atoms with Crippen LogP contribution in [0.1, 0.15) is 45.4 Å². The van der Waals surface area contributed by atoms with E-state index in [-0.39, 0.29) is 11.9 Å². The first-order chi connectivity index (χ1) is 15.0. The number of hydrogen-bond acceptors (Lipinski definition) is 5. The summed E-state index contributed by atoms with van der Waals surface area (Å²) in [6.45, 7) is 5.69. The highest BCUT2D eigenvalue weighted by molar-refractivity contribution is 5.87. The van der Waals surface area contributed by atoms with E-state index in [4.69, 9.17) is 9.47 Å². The van der Waals surface area contributed by atoms with Crippen LogP contribution in [0.15, 0.2) is 18.2 Å². The van der Waals surface area contributed by atoms with Gasteiger partial charge < -0.3 is 19.3 Å². The van der Waals surface area contributed by atoms with Crippen molar-refractivity contribution in [2.45, 2.75) is 51.5 Å². The third kappa shape index (κ3) is 4.63. The normalized spacial score (nSPS) is 24.6. The van der Waals surface area contributed by atoms with Crippen molar-refractivity contribution in [2.75, 3.05) is 49.7 Å². The minimum Gasteiger partial charge on any atom is -0.449 e. The molecular formula is C23H32FN3O4. The van der Waals surface area contributed by atoms with Gasteiger partial charge in [-0.1, -0.05) is 6.92 Å². The second-order valence-corrected chi connectivity index (χ2v) is 8.82. The maximum atomic E-state index is 14.9. The van der Waals surface area contributed by atoms with Crippen molar-refractivity contribution >= 4 is 23.4 Å². The molecule has 0 aliphatic carbocycles. The lowest BCUT2D eigenvalue weighted by Crippen LogP contribution is -2.50. The summed E-state index contributed by atoms with van der Waals surface area (Å²) in [7, 11) is 0. The topological polar surface area (TPSA) is 71.1 Å². The van der Waals surface area contributed by atoms with E-state index in [0.717, 1.165) is 45.1 Å². The molecule has 7 nitrogen and oxygen atoms in total. The van der Waals surface area contributed by atoms with Crippen LogP contribution in [-0.2, 0) is 14.3 Å². The Morgan fingerprint density at radius 2 is 2.10 bits per heavy atom. The minimum atomic E-state index is -0.587. The zero-order valence-electron chi connectivity index (χ0n) is 18.2. The van der Waals surface area contributed by atoms with E-state index in [2.05, 4.69) is 10.2 Å². The molecule has 0 radical (unpaired) electrons. The molecule has 1 N–H and O–H groups in total. The van der Waals surface area contributed by atoms with Crippen molar-refractivity contribution in [1.82, 2.24) is 4.90 Å². The second-order valence-electron chi connectivity index (χ2n) is 8.82. The van der Waals surface area contributed by atoms with E-state index in [9.17, 15) is 14.0 Å². The van der Waals surface area contributed by atoms with E-state index >= 15 is 0 Å². The molecule has 2 amide bonds. The summed E-state index contributed by atoms with van der Waals surface area (Å²) < 4.78 is 25.4. The first-order valence-electron chi connectivity index (χ1n) is 11.4. The summed E-state index contributed by atoms with van der Waals surface area (Å²) in [6.07, 6.45) is 4.47. The molecule has 1 aromatic carbocycles. The molecule has 3 heterocycles. The van der Waals surface area contributed by atoms with E-state index in [1.807, 2.05) is 11.8 Å². The van der Waals surface area contributed by atoms with Gasteiger partial charge in [-0.2, -0.15) is 0 Å². The zero-order chi connectivity index (χ0) is 21.8. The molecule has 3 saturated heterocycles. The highest BCUT2D eigenvalue weighted by Crippen LogP contribution is 2.43. The number of carbonyl (C=O) groups excluding carboxylic acids is 2. The molecule has 0 saturated carbocycles. The number of piperidine rings is 1. The molecule has 3 fully saturated rings. The quantitative estimate of drug-likeness (QED) is 0.765. The third-order valence-corrected chi connectivity index (χ3v) is 6.73. The highest BCUT2D eigenvalue weighted by atomic mass is 19.1. The number of halogens is 1. The van der Waals surface area contributed by atoms with E-state index in [1.165, 1.54) is 6.07 Å². The van der Waals surface area contributed by atoms with Crippen LogP contribution in [-0.4, -0.2) is 62.4 Å². The Morgan fingerprint density at radius 1 is 1.29 bits per heavy atom. The number of amides is 2.